The molecule has 0 aliphatic carbocycles. The summed E-state index contributed by atoms with van der Waals surface area (Å²) in [5, 5.41) is 3.91. The summed E-state index contributed by atoms with van der Waals surface area (Å²) in [4.78, 5) is 29.3. The van der Waals surface area contributed by atoms with E-state index in [-0.39, 0.29) is 6.54 Å². The third kappa shape index (κ3) is 4.75. The maximum Gasteiger partial charge on any atom is 0.351 e. The number of hydrogen-bond donors (Lipinski definition) is 1. The van der Waals surface area contributed by atoms with Gasteiger partial charge in [-0.05, 0) is 38.1 Å². The van der Waals surface area contributed by atoms with E-state index in [4.69, 9.17) is 20.8 Å². The lowest BCUT2D eigenvalue weighted by atomic mass is 10.2. The predicted molar refractivity (Wildman–Crippen MR) is 103 cm³/mol. The highest BCUT2D eigenvalue weighted by atomic mass is 35.5. The summed E-state index contributed by atoms with van der Waals surface area (Å²) in [5.41, 5.74) is 1.36. The normalized spacial score (nSPS) is 11.8. The van der Waals surface area contributed by atoms with Crippen molar-refractivity contribution >= 4 is 34.8 Å². The molecule has 0 aliphatic rings. The van der Waals surface area contributed by atoms with E-state index in [2.05, 4.69) is 10.3 Å². The van der Waals surface area contributed by atoms with Gasteiger partial charge in [0.15, 0.2) is 6.10 Å². The smallest absolute Gasteiger partial charge is 0.351 e. The number of thiazole rings is 1. The number of aryl methyl sites for hydroxylation is 1. The molecule has 0 bridgehead atoms. The molecular formula is C19H17ClN2O4S. The number of nitrogens with zero attached hydrogens (tertiary/aromatic N) is 1. The first-order chi connectivity index (χ1) is 12.9. The van der Waals surface area contributed by atoms with Crippen LogP contribution in [0.5, 0.6) is 0 Å². The van der Waals surface area contributed by atoms with Crippen LogP contribution in [-0.4, -0.2) is 23.0 Å². The number of amides is 1. The molecule has 140 valence electrons. The van der Waals surface area contributed by atoms with Crippen LogP contribution >= 0.6 is 22.9 Å². The van der Waals surface area contributed by atoms with Crippen molar-refractivity contribution in [2.45, 2.75) is 26.5 Å². The third-order valence-electron chi connectivity index (χ3n) is 3.72. The fourth-order valence-corrected chi connectivity index (χ4v) is 3.47. The molecule has 3 aromatic rings. The molecule has 3 rings (SSSR count). The highest BCUT2D eigenvalue weighted by Gasteiger charge is 2.23. The summed E-state index contributed by atoms with van der Waals surface area (Å²) in [6.07, 6.45) is 0.582. The van der Waals surface area contributed by atoms with Crippen molar-refractivity contribution in [3.8, 4) is 10.6 Å². The highest BCUT2D eigenvalue weighted by Crippen LogP contribution is 2.30. The third-order valence-corrected chi connectivity index (χ3v) is 5.15. The lowest BCUT2D eigenvalue weighted by Crippen LogP contribution is -2.35. The van der Waals surface area contributed by atoms with Crippen LogP contribution in [0.4, 0.5) is 0 Å². The summed E-state index contributed by atoms with van der Waals surface area (Å²) >= 11 is 7.21. The summed E-state index contributed by atoms with van der Waals surface area (Å²) < 4.78 is 10.4. The van der Waals surface area contributed by atoms with Gasteiger partial charge in [-0.15, -0.1) is 11.3 Å². The van der Waals surface area contributed by atoms with Gasteiger partial charge in [-0.3, -0.25) is 4.79 Å². The van der Waals surface area contributed by atoms with Gasteiger partial charge in [0.05, 0.1) is 18.5 Å². The number of esters is 1. The number of nitrogens with one attached hydrogen (secondary N) is 1. The molecule has 8 heteroatoms. The maximum atomic E-state index is 12.4. The molecule has 2 heterocycles. The standard InChI is InChI=1S/C19H17ClN2O4S/c1-11-16(27-18(22-11)13-5-3-6-14(20)9-13)19(24)26-12(2)17(23)21-10-15-7-4-8-25-15/h3-9,12H,10H2,1-2H3,(H,21,23)/t12-/m0/s1. The zero-order valence-electron chi connectivity index (χ0n) is 14.7. The van der Waals surface area contributed by atoms with Crippen molar-refractivity contribution in [1.82, 2.24) is 10.3 Å². The number of halogens is 1. The molecular weight excluding hydrogens is 388 g/mol. The Labute approximate surface area is 165 Å². The molecule has 0 unspecified atom stereocenters. The molecule has 0 radical (unpaired) electrons. The number of benzene rings is 1. The Balaban J connectivity index is 1.64. The van der Waals surface area contributed by atoms with Crippen LogP contribution < -0.4 is 5.32 Å². The topological polar surface area (TPSA) is 81.4 Å². The molecule has 0 fully saturated rings. The Morgan fingerprint density at radius 3 is 2.85 bits per heavy atom. The number of furan rings is 1. The minimum absolute atomic E-state index is 0.228. The van der Waals surface area contributed by atoms with Crippen LogP contribution in [0.3, 0.4) is 0 Å². The van der Waals surface area contributed by atoms with E-state index in [0.717, 1.165) is 5.56 Å². The summed E-state index contributed by atoms with van der Waals surface area (Å²) in [5.74, 6) is -0.373. The zero-order chi connectivity index (χ0) is 19.4. The Kier molecular flexibility index (Phi) is 5.93. The van der Waals surface area contributed by atoms with E-state index < -0.39 is 18.0 Å². The predicted octanol–water partition coefficient (Wildman–Crippen LogP) is 4.23. The first-order valence-corrected chi connectivity index (χ1v) is 9.38. The van der Waals surface area contributed by atoms with E-state index in [9.17, 15) is 9.59 Å². The van der Waals surface area contributed by atoms with Crippen molar-refractivity contribution < 1.29 is 18.7 Å². The van der Waals surface area contributed by atoms with Crippen LogP contribution in [0.2, 0.25) is 5.02 Å². The monoisotopic (exact) mass is 404 g/mol. The first-order valence-electron chi connectivity index (χ1n) is 8.18. The summed E-state index contributed by atoms with van der Waals surface area (Å²) in [6.45, 7) is 3.47. The Morgan fingerprint density at radius 2 is 2.15 bits per heavy atom. The lowest BCUT2D eigenvalue weighted by molar-refractivity contribution is -0.129. The molecule has 0 saturated heterocycles. The average molecular weight is 405 g/mol. The molecule has 0 saturated carbocycles. The molecule has 1 amide bonds. The number of carbonyl (C=O) groups is 2. The van der Waals surface area contributed by atoms with Crippen molar-refractivity contribution in [1.29, 1.82) is 0 Å². The van der Waals surface area contributed by atoms with Crippen molar-refractivity contribution in [2.24, 2.45) is 0 Å². The minimum Gasteiger partial charge on any atom is -0.467 e. The molecule has 27 heavy (non-hydrogen) atoms. The Bertz CT molecular complexity index is 953. The van der Waals surface area contributed by atoms with Crippen molar-refractivity contribution in [3.63, 3.8) is 0 Å². The van der Waals surface area contributed by atoms with E-state index >= 15 is 0 Å². The second kappa shape index (κ2) is 8.37. The summed E-state index contributed by atoms with van der Waals surface area (Å²) in [6, 6.07) is 10.7. The Morgan fingerprint density at radius 1 is 1.33 bits per heavy atom. The number of ether oxygens (including phenoxy) is 1. The number of rotatable bonds is 6. The van der Waals surface area contributed by atoms with Gasteiger partial charge in [0, 0.05) is 10.6 Å². The molecule has 0 aliphatic heterocycles. The van der Waals surface area contributed by atoms with Gasteiger partial charge >= 0.3 is 5.97 Å². The second-order valence-corrected chi connectivity index (χ2v) is 7.22. The fourth-order valence-electron chi connectivity index (χ4n) is 2.33. The lowest BCUT2D eigenvalue weighted by Gasteiger charge is -2.12. The zero-order valence-corrected chi connectivity index (χ0v) is 16.3. The maximum absolute atomic E-state index is 12.4. The van der Waals surface area contributed by atoms with Crippen molar-refractivity contribution in [2.75, 3.05) is 0 Å². The van der Waals surface area contributed by atoms with Gasteiger partial charge in [0.1, 0.15) is 15.6 Å². The van der Waals surface area contributed by atoms with Crippen LogP contribution in [0, 0.1) is 6.92 Å². The van der Waals surface area contributed by atoms with Crippen molar-refractivity contribution in [3.05, 3.63) is 64.0 Å². The molecule has 1 atom stereocenters. The Hall–Kier alpha value is -2.64. The van der Waals surface area contributed by atoms with Gasteiger partial charge in [0.25, 0.3) is 5.91 Å². The highest BCUT2D eigenvalue weighted by molar-refractivity contribution is 7.17. The molecule has 1 aromatic carbocycles. The fraction of sp³-hybridized carbons (Fsp3) is 0.211. The van der Waals surface area contributed by atoms with Crippen LogP contribution in [0.1, 0.15) is 28.0 Å². The van der Waals surface area contributed by atoms with Gasteiger partial charge in [-0.25, -0.2) is 9.78 Å². The van der Waals surface area contributed by atoms with E-state index in [0.29, 0.717) is 26.4 Å². The number of carbonyl (C=O) groups excluding carboxylic acids is 2. The number of hydrogen-bond acceptors (Lipinski definition) is 6. The summed E-state index contributed by atoms with van der Waals surface area (Å²) in [7, 11) is 0. The van der Waals surface area contributed by atoms with E-state index in [1.807, 2.05) is 12.1 Å². The van der Waals surface area contributed by atoms with Crippen LogP contribution in [0.15, 0.2) is 47.1 Å². The molecule has 6 nitrogen and oxygen atoms in total. The second-order valence-electron chi connectivity index (χ2n) is 5.79. The minimum atomic E-state index is -0.941. The van der Waals surface area contributed by atoms with Gasteiger partial charge in [-0.2, -0.15) is 0 Å². The SMILES string of the molecule is Cc1nc(-c2cccc(Cl)c2)sc1C(=O)O[C@@H](C)C(=O)NCc1ccco1. The van der Waals surface area contributed by atoms with Crippen LogP contribution in [-0.2, 0) is 16.1 Å². The molecule has 0 spiro atoms. The first kappa shape index (κ1) is 19.1. The quantitative estimate of drug-likeness (QED) is 0.622. The molecule has 2 aromatic heterocycles. The van der Waals surface area contributed by atoms with Gasteiger partial charge < -0.3 is 14.5 Å². The van der Waals surface area contributed by atoms with Gasteiger partial charge in [-0.1, -0.05) is 23.7 Å². The van der Waals surface area contributed by atoms with E-state index in [1.165, 1.54) is 24.5 Å². The van der Waals surface area contributed by atoms with E-state index in [1.54, 1.807) is 31.2 Å². The van der Waals surface area contributed by atoms with Gasteiger partial charge in [0.2, 0.25) is 0 Å². The average Bonchev–Trinajstić information content (AvgIpc) is 3.29. The molecule has 1 N–H and O–H groups in total. The number of aromatic nitrogens is 1. The van der Waals surface area contributed by atoms with Crippen LogP contribution in [0.25, 0.3) is 10.6 Å². The largest absolute Gasteiger partial charge is 0.467 e.